The van der Waals surface area contributed by atoms with Crippen LogP contribution in [0.25, 0.3) is 0 Å². The van der Waals surface area contributed by atoms with Gasteiger partial charge in [-0.15, -0.1) is 0 Å². The molecule has 2 saturated heterocycles. The van der Waals surface area contributed by atoms with Crippen molar-refractivity contribution in [1.82, 2.24) is 15.1 Å². The van der Waals surface area contributed by atoms with Gasteiger partial charge in [0.15, 0.2) is 0 Å². The molecule has 1 N–H and O–H groups in total. The van der Waals surface area contributed by atoms with Gasteiger partial charge in [0, 0.05) is 38.8 Å². The van der Waals surface area contributed by atoms with Crippen LogP contribution in [0.15, 0.2) is 12.3 Å². The molecule has 2 unspecified atom stereocenters. The van der Waals surface area contributed by atoms with E-state index in [4.69, 9.17) is 14.6 Å². The molecule has 2 aliphatic heterocycles. The highest BCUT2D eigenvalue weighted by molar-refractivity contribution is 7.99. The third kappa shape index (κ3) is 3.80. The summed E-state index contributed by atoms with van der Waals surface area (Å²) in [6.07, 6.45) is 5.50. The minimum Gasteiger partial charge on any atom is -0.383 e. The Morgan fingerprint density at radius 3 is 3.38 bits per heavy atom. The van der Waals surface area contributed by atoms with Gasteiger partial charge >= 0.3 is 0 Å². The number of aromatic nitrogens is 2. The van der Waals surface area contributed by atoms with Gasteiger partial charge in [-0.3, -0.25) is 4.68 Å². The van der Waals surface area contributed by atoms with Gasteiger partial charge in [-0.1, -0.05) is 0 Å². The van der Waals surface area contributed by atoms with Crippen LogP contribution in [-0.4, -0.2) is 53.8 Å². The third-order valence-corrected chi connectivity index (χ3v) is 5.58. The van der Waals surface area contributed by atoms with E-state index in [0.717, 1.165) is 50.6 Å². The molecule has 0 aromatic carbocycles. The van der Waals surface area contributed by atoms with Crippen molar-refractivity contribution >= 4 is 11.8 Å². The van der Waals surface area contributed by atoms with Crippen molar-refractivity contribution in [3.63, 3.8) is 0 Å². The molecule has 2 atom stereocenters. The number of methoxy groups -OCH3 is 1. The van der Waals surface area contributed by atoms with E-state index >= 15 is 0 Å². The zero-order chi connectivity index (χ0) is 14.5. The number of nitrogens with one attached hydrogen (secondary N) is 1. The number of nitrogens with zero attached hydrogens (tertiary/aromatic N) is 2. The van der Waals surface area contributed by atoms with Crippen LogP contribution >= 0.6 is 11.8 Å². The molecule has 3 rings (SSSR count). The molecule has 1 aromatic heterocycles. The normalized spacial score (nSPS) is 29.3. The van der Waals surface area contributed by atoms with Crippen molar-refractivity contribution in [2.45, 2.75) is 37.5 Å². The lowest BCUT2D eigenvalue weighted by Gasteiger charge is -2.37. The summed E-state index contributed by atoms with van der Waals surface area (Å²) in [6, 6.07) is 2.61. The van der Waals surface area contributed by atoms with E-state index in [1.165, 1.54) is 12.2 Å². The summed E-state index contributed by atoms with van der Waals surface area (Å²) in [5.41, 5.74) is 1.23. The van der Waals surface area contributed by atoms with Crippen LogP contribution in [0.5, 0.6) is 0 Å². The van der Waals surface area contributed by atoms with Gasteiger partial charge in [0.05, 0.1) is 23.9 Å². The number of ether oxygens (including phenoxy) is 2. The van der Waals surface area contributed by atoms with Crippen LogP contribution in [0.1, 0.15) is 31.0 Å². The topological polar surface area (TPSA) is 48.3 Å². The predicted octanol–water partition coefficient (Wildman–Crippen LogP) is 1.85. The number of thioether (sulfide) groups is 1. The molecule has 5 nitrogen and oxygen atoms in total. The lowest BCUT2D eigenvalue weighted by Crippen LogP contribution is -2.40. The predicted molar refractivity (Wildman–Crippen MR) is 84.7 cm³/mol. The van der Waals surface area contributed by atoms with Gasteiger partial charge < -0.3 is 14.8 Å². The summed E-state index contributed by atoms with van der Waals surface area (Å²) in [6.45, 7) is 3.27. The van der Waals surface area contributed by atoms with Crippen LogP contribution in [0.4, 0.5) is 0 Å². The third-order valence-electron chi connectivity index (χ3n) is 4.36. The molecule has 0 amide bonds. The first kappa shape index (κ1) is 15.3. The number of hydrogen-bond donors (Lipinski definition) is 1. The Balaban J connectivity index is 1.55. The molecule has 0 aliphatic carbocycles. The Labute approximate surface area is 130 Å². The highest BCUT2D eigenvalue weighted by atomic mass is 32.2. The Kier molecular flexibility index (Phi) is 5.21. The van der Waals surface area contributed by atoms with Gasteiger partial charge in [-0.05, 0) is 31.1 Å². The average molecular weight is 311 g/mol. The van der Waals surface area contributed by atoms with Crippen molar-refractivity contribution < 1.29 is 9.47 Å². The van der Waals surface area contributed by atoms with E-state index < -0.39 is 0 Å². The molecule has 6 heteroatoms. The van der Waals surface area contributed by atoms with E-state index in [9.17, 15) is 0 Å². The minimum atomic E-state index is 0.121. The highest BCUT2D eigenvalue weighted by Crippen LogP contribution is 2.41. The molecule has 21 heavy (non-hydrogen) atoms. The quantitative estimate of drug-likeness (QED) is 0.813. The first-order valence-corrected chi connectivity index (χ1v) is 8.92. The lowest BCUT2D eigenvalue weighted by molar-refractivity contribution is -0.0778. The van der Waals surface area contributed by atoms with Crippen molar-refractivity contribution in [2.75, 3.05) is 38.4 Å². The summed E-state index contributed by atoms with van der Waals surface area (Å²) < 4.78 is 13.3. The SMILES string of the molecule is COCCNCc1ccn(C2CCOC3(CCSC3)C2)n1. The molecular formula is C15H25N3O2S. The van der Waals surface area contributed by atoms with Crippen LogP contribution in [0.3, 0.4) is 0 Å². The Morgan fingerprint density at radius 1 is 1.62 bits per heavy atom. The summed E-state index contributed by atoms with van der Waals surface area (Å²) in [5.74, 6) is 2.39. The van der Waals surface area contributed by atoms with E-state index in [0.29, 0.717) is 6.04 Å². The first-order valence-electron chi connectivity index (χ1n) is 7.77. The Bertz CT molecular complexity index is 446. The second-order valence-electron chi connectivity index (χ2n) is 5.94. The van der Waals surface area contributed by atoms with Gasteiger partial charge in [-0.2, -0.15) is 16.9 Å². The molecule has 118 valence electrons. The highest BCUT2D eigenvalue weighted by Gasteiger charge is 2.41. The fourth-order valence-electron chi connectivity index (χ4n) is 3.16. The second kappa shape index (κ2) is 7.13. The van der Waals surface area contributed by atoms with Crippen LogP contribution < -0.4 is 5.32 Å². The standard InChI is InChI=1S/C15H25N3O2S/c1-19-8-5-16-11-13-2-6-18(17-13)14-3-7-20-15(10-14)4-9-21-12-15/h2,6,14,16H,3-5,7-12H2,1H3. The fraction of sp³-hybridized carbons (Fsp3) is 0.800. The van der Waals surface area contributed by atoms with E-state index in [-0.39, 0.29) is 5.60 Å². The van der Waals surface area contributed by atoms with E-state index in [1.54, 1.807) is 7.11 Å². The smallest absolute Gasteiger partial charge is 0.0800 e. The van der Waals surface area contributed by atoms with Crippen molar-refractivity contribution in [1.29, 1.82) is 0 Å². The molecule has 0 radical (unpaired) electrons. The summed E-state index contributed by atoms with van der Waals surface area (Å²) in [5, 5.41) is 8.08. The Morgan fingerprint density at radius 2 is 2.57 bits per heavy atom. The summed E-state index contributed by atoms with van der Waals surface area (Å²) >= 11 is 2.02. The van der Waals surface area contributed by atoms with Crippen molar-refractivity contribution in [3.05, 3.63) is 18.0 Å². The molecular weight excluding hydrogens is 286 g/mol. The van der Waals surface area contributed by atoms with E-state index in [1.807, 2.05) is 11.8 Å². The average Bonchev–Trinajstić information content (AvgIpc) is 3.14. The van der Waals surface area contributed by atoms with Gasteiger partial charge in [0.1, 0.15) is 0 Å². The van der Waals surface area contributed by atoms with Gasteiger partial charge in [0.25, 0.3) is 0 Å². The maximum absolute atomic E-state index is 6.09. The molecule has 1 spiro atoms. The summed E-state index contributed by atoms with van der Waals surface area (Å²) in [4.78, 5) is 0. The first-order chi connectivity index (χ1) is 10.3. The lowest BCUT2D eigenvalue weighted by atomic mass is 9.90. The second-order valence-corrected chi connectivity index (χ2v) is 7.04. The molecule has 2 fully saturated rings. The van der Waals surface area contributed by atoms with Crippen LogP contribution in [0, 0.1) is 0 Å². The van der Waals surface area contributed by atoms with Crippen LogP contribution in [-0.2, 0) is 16.0 Å². The monoisotopic (exact) mass is 311 g/mol. The van der Waals surface area contributed by atoms with Crippen LogP contribution in [0.2, 0.25) is 0 Å². The van der Waals surface area contributed by atoms with Gasteiger partial charge in [0.2, 0.25) is 0 Å². The summed E-state index contributed by atoms with van der Waals surface area (Å²) in [7, 11) is 1.72. The number of rotatable bonds is 6. The minimum absolute atomic E-state index is 0.121. The molecule has 0 bridgehead atoms. The molecule has 3 heterocycles. The zero-order valence-electron chi connectivity index (χ0n) is 12.7. The van der Waals surface area contributed by atoms with Gasteiger partial charge in [-0.25, -0.2) is 0 Å². The molecule has 2 aliphatic rings. The Hall–Kier alpha value is -0.560. The number of hydrogen-bond acceptors (Lipinski definition) is 5. The van der Waals surface area contributed by atoms with Crippen molar-refractivity contribution in [2.24, 2.45) is 0 Å². The zero-order valence-corrected chi connectivity index (χ0v) is 13.5. The molecule has 0 saturated carbocycles. The van der Waals surface area contributed by atoms with Crippen molar-refractivity contribution in [3.8, 4) is 0 Å². The molecule has 1 aromatic rings. The maximum Gasteiger partial charge on any atom is 0.0800 e. The maximum atomic E-state index is 6.09. The fourth-order valence-corrected chi connectivity index (χ4v) is 4.53. The largest absolute Gasteiger partial charge is 0.383 e. The van der Waals surface area contributed by atoms with E-state index in [2.05, 4.69) is 22.3 Å².